The highest BCUT2D eigenvalue weighted by Crippen LogP contribution is 2.45. The number of allylic oxidation sites excluding steroid dienone is 4. The highest BCUT2D eigenvalue weighted by molar-refractivity contribution is 5.83. The van der Waals surface area contributed by atoms with Crippen LogP contribution in [0.1, 0.15) is 30.0 Å². The first-order valence-electron chi connectivity index (χ1n) is 7.35. The molecule has 1 aliphatic rings. The van der Waals surface area contributed by atoms with E-state index in [0.717, 1.165) is 13.0 Å². The zero-order chi connectivity index (χ0) is 19.9. The van der Waals surface area contributed by atoms with Gasteiger partial charge in [-0.2, -0.15) is 26.3 Å². The molecule has 26 heavy (non-hydrogen) atoms. The second-order valence-electron chi connectivity index (χ2n) is 5.93. The molecular formula is C17H13F7O2. The number of rotatable bonds is 3. The summed E-state index contributed by atoms with van der Waals surface area (Å²) < 4.78 is 93.3. The Morgan fingerprint density at radius 3 is 2.00 bits per heavy atom. The Morgan fingerprint density at radius 1 is 1.08 bits per heavy atom. The van der Waals surface area contributed by atoms with Crippen LogP contribution in [0.5, 0.6) is 0 Å². The highest BCUT2D eigenvalue weighted by Gasteiger charge is 2.46. The topological polar surface area (TPSA) is 37.3 Å². The maximum Gasteiger partial charge on any atom is 0.416 e. The quantitative estimate of drug-likeness (QED) is 0.702. The lowest BCUT2D eigenvalue weighted by atomic mass is 9.75. The van der Waals surface area contributed by atoms with E-state index < -0.39 is 58.6 Å². The van der Waals surface area contributed by atoms with Crippen molar-refractivity contribution in [3.63, 3.8) is 0 Å². The van der Waals surface area contributed by atoms with Crippen molar-refractivity contribution in [3.05, 3.63) is 53.1 Å². The second-order valence-corrected chi connectivity index (χ2v) is 5.93. The summed E-state index contributed by atoms with van der Waals surface area (Å²) in [6, 6.07) is 0.718. The van der Waals surface area contributed by atoms with Gasteiger partial charge >= 0.3 is 18.3 Å². The summed E-state index contributed by atoms with van der Waals surface area (Å²) in [7, 11) is 0. The molecule has 1 N–H and O–H groups in total. The van der Waals surface area contributed by atoms with Crippen LogP contribution in [0, 0.1) is 5.92 Å². The average molecular weight is 382 g/mol. The van der Waals surface area contributed by atoms with Crippen molar-refractivity contribution >= 4 is 11.5 Å². The molecule has 0 fully saturated rings. The van der Waals surface area contributed by atoms with E-state index in [1.54, 1.807) is 0 Å². The number of benzene rings is 1. The predicted octanol–water partition coefficient (Wildman–Crippen LogP) is 5.50. The number of carboxylic acid groups (broad SMARTS) is 1. The molecule has 0 heterocycles. The zero-order valence-electron chi connectivity index (χ0n) is 13.2. The van der Waals surface area contributed by atoms with Gasteiger partial charge in [0.2, 0.25) is 0 Å². The van der Waals surface area contributed by atoms with Gasteiger partial charge < -0.3 is 5.11 Å². The largest absolute Gasteiger partial charge is 0.481 e. The van der Waals surface area contributed by atoms with Gasteiger partial charge in [-0.15, -0.1) is 0 Å². The van der Waals surface area contributed by atoms with Gasteiger partial charge in [-0.05, 0) is 36.3 Å². The Kier molecular flexibility index (Phi) is 4.95. The second kappa shape index (κ2) is 6.44. The van der Waals surface area contributed by atoms with E-state index >= 15 is 4.39 Å². The van der Waals surface area contributed by atoms with Crippen LogP contribution in [-0.4, -0.2) is 16.7 Å². The molecule has 9 heteroatoms. The summed E-state index contributed by atoms with van der Waals surface area (Å²) in [6.45, 7) is 1.01. The van der Waals surface area contributed by atoms with Crippen molar-refractivity contribution in [2.24, 2.45) is 5.92 Å². The molecule has 2 rings (SSSR count). The molecule has 2 nitrogen and oxygen atoms in total. The van der Waals surface area contributed by atoms with Gasteiger partial charge in [0, 0.05) is 6.42 Å². The molecule has 1 aliphatic carbocycles. The average Bonchev–Trinajstić information content (AvgIpc) is 2.52. The molecule has 0 bridgehead atoms. The number of halogens is 7. The first-order valence-corrected chi connectivity index (χ1v) is 7.35. The van der Waals surface area contributed by atoms with Crippen molar-refractivity contribution in [2.75, 3.05) is 0 Å². The fourth-order valence-electron chi connectivity index (χ4n) is 2.70. The molecule has 142 valence electrons. The monoisotopic (exact) mass is 382 g/mol. The van der Waals surface area contributed by atoms with Crippen LogP contribution in [0.3, 0.4) is 0 Å². The Bertz CT molecular complexity index is 742. The van der Waals surface area contributed by atoms with E-state index in [9.17, 15) is 31.1 Å². The van der Waals surface area contributed by atoms with Gasteiger partial charge in [0.25, 0.3) is 0 Å². The normalized spacial score (nSPS) is 22.1. The minimum Gasteiger partial charge on any atom is -0.481 e. The third-order valence-electron chi connectivity index (χ3n) is 4.22. The number of alkyl halides is 7. The van der Waals surface area contributed by atoms with E-state index in [4.69, 9.17) is 5.11 Å². The lowest BCUT2D eigenvalue weighted by Crippen LogP contribution is -2.38. The maximum absolute atomic E-state index is 15.4. The Hall–Kier alpha value is -2.32. The molecule has 2 unspecified atom stereocenters. The summed E-state index contributed by atoms with van der Waals surface area (Å²) in [5.74, 6) is -3.24. The molecule has 0 aromatic heterocycles. The van der Waals surface area contributed by atoms with Crippen molar-refractivity contribution in [2.45, 2.75) is 31.4 Å². The molecular weight excluding hydrogens is 369 g/mol. The van der Waals surface area contributed by atoms with E-state index in [-0.39, 0.29) is 6.07 Å². The molecule has 1 aromatic rings. The zero-order valence-corrected chi connectivity index (χ0v) is 13.2. The van der Waals surface area contributed by atoms with Crippen molar-refractivity contribution in [1.29, 1.82) is 0 Å². The minimum atomic E-state index is -5.08. The van der Waals surface area contributed by atoms with Gasteiger partial charge in [-0.3, -0.25) is 4.79 Å². The van der Waals surface area contributed by atoms with Crippen molar-refractivity contribution < 1.29 is 40.6 Å². The summed E-state index contributed by atoms with van der Waals surface area (Å²) in [5, 5.41) is 9.08. The maximum atomic E-state index is 15.4. The first kappa shape index (κ1) is 20.0. The van der Waals surface area contributed by atoms with Gasteiger partial charge in [-0.1, -0.05) is 18.2 Å². The van der Waals surface area contributed by atoms with Gasteiger partial charge in [0.15, 0.2) is 5.67 Å². The van der Waals surface area contributed by atoms with Crippen molar-refractivity contribution in [1.82, 2.24) is 0 Å². The lowest BCUT2D eigenvalue weighted by molar-refractivity contribution is -0.145. The van der Waals surface area contributed by atoms with Crippen LogP contribution in [-0.2, 0) is 17.1 Å². The third kappa shape index (κ3) is 3.76. The summed E-state index contributed by atoms with van der Waals surface area (Å²) in [6.07, 6.45) is -7.13. The Balaban J connectivity index is 2.70. The number of carbonyl (C=O) groups is 1. The highest BCUT2D eigenvalue weighted by atomic mass is 19.4. The molecule has 2 atom stereocenters. The van der Waals surface area contributed by atoms with Crippen LogP contribution >= 0.6 is 0 Å². The number of aliphatic carboxylic acids is 1. The summed E-state index contributed by atoms with van der Waals surface area (Å²) >= 11 is 0. The fourth-order valence-corrected chi connectivity index (χ4v) is 2.70. The standard InChI is InChI=1S/C17H13F7O2/c1-9(14(25)26)15(18)5-3-2-4-13(15)10-6-11(16(19,20)21)8-12(7-10)17(22,23)24/h2-4,6-9H,5H2,1H3,(H,25,26). The van der Waals surface area contributed by atoms with Crippen LogP contribution in [0.4, 0.5) is 30.7 Å². The molecule has 0 spiro atoms. The molecule has 0 amide bonds. The molecule has 0 radical (unpaired) electrons. The van der Waals surface area contributed by atoms with E-state index in [1.807, 2.05) is 0 Å². The summed E-state index contributed by atoms with van der Waals surface area (Å²) in [4.78, 5) is 11.2. The number of hydrogen-bond acceptors (Lipinski definition) is 1. The predicted molar refractivity (Wildman–Crippen MR) is 78.8 cm³/mol. The van der Waals surface area contributed by atoms with Crippen LogP contribution in [0.2, 0.25) is 0 Å². The Morgan fingerprint density at radius 2 is 1.58 bits per heavy atom. The van der Waals surface area contributed by atoms with E-state index in [0.29, 0.717) is 12.1 Å². The Labute approximate surface area is 143 Å². The lowest BCUT2D eigenvalue weighted by Gasteiger charge is -2.33. The number of carboxylic acids is 1. The smallest absolute Gasteiger partial charge is 0.416 e. The molecule has 0 aliphatic heterocycles. The minimum absolute atomic E-state index is 0.0662. The summed E-state index contributed by atoms with van der Waals surface area (Å²) in [5.41, 5.74) is -7.03. The van der Waals surface area contributed by atoms with Crippen LogP contribution in [0.25, 0.3) is 5.57 Å². The van der Waals surface area contributed by atoms with Gasteiger partial charge in [-0.25, -0.2) is 4.39 Å². The third-order valence-corrected chi connectivity index (χ3v) is 4.22. The van der Waals surface area contributed by atoms with Gasteiger partial charge in [0.05, 0.1) is 17.0 Å². The first-order chi connectivity index (χ1) is 11.8. The van der Waals surface area contributed by atoms with Crippen molar-refractivity contribution in [3.8, 4) is 0 Å². The molecule has 1 aromatic carbocycles. The van der Waals surface area contributed by atoms with E-state index in [2.05, 4.69) is 0 Å². The fraction of sp³-hybridized carbons (Fsp3) is 0.353. The van der Waals surface area contributed by atoms with Crippen LogP contribution in [0.15, 0.2) is 36.4 Å². The SMILES string of the molecule is CC(C(=O)O)C1(F)CC=CC=C1c1cc(C(F)(F)F)cc(C(F)(F)F)c1. The van der Waals surface area contributed by atoms with Crippen LogP contribution < -0.4 is 0 Å². The molecule has 0 saturated heterocycles. The van der Waals surface area contributed by atoms with E-state index in [1.165, 1.54) is 12.2 Å². The van der Waals surface area contributed by atoms with Gasteiger partial charge in [0.1, 0.15) is 0 Å². The number of hydrogen-bond donors (Lipinski definition) is 1. The molecule has 0 saturated carbocycles.